The Bertz CT molecular complexity index is 1410. The molecule has 0 spiro atoms. The summed E-state index contributed by atoms with van der Waals surface area (Å²) in [6.07, 6.45) is 1.10. The Morgan fingerprint density at radius 2 is 1.56 bits per heavy atom. The molecule has 3 aromatic carbocycles. The second-order valence-electron chi connectivity index (χ2n) is 9.59. The van der Waals surface area contributed by atoms with E-state index < -0.39 is 28.5 Å². The predicted octanol–water partition coefficient (Wildman–Crippen LogP) is 4.54. The minimum atomic E-state index is -4.18. The smallest absolute Gasteiger partial charge is 0.264 e. The monoisotopic (exact) mass is 581 g/mol. The van der Waals surface area contributed by atoms with Crippen LogP contribution in [0.4, 0.5) is 5.69 Å². The molecular weight excluding hydrogens is 542 g/mol. The lowest BCUT2D eigenvalue weighted by molar-refractivity contribution is -0.140. The number of carbonyl (C=O) groups excluding carboxylic acids is 2. The van der Waals surface area contributed by atoms with Gasteiger partial charge in [0.1, 0.15) is 12.6 Å². The van der Waals surface area contributed by atoms with Gasteiger partial charge in [-0.2, -0.15) is 0 Å². The van der Waals surface area contributed by atoms with E-state index in [0.717, 1.165) is 21.9 Å². The van der Waals surface area contributed by atoms with Crippen molar-refractivity contribution in [3.8, 4) is 11.5 Å². The van der Waals surface area contributed by atoms with E-state index in [0.29, 0.717) is 24.5 Å². The van der Waals surface area contributed by atoms with Crippen LogP contribution in [0.1, 0.15) is 37.8 Å². The van der Waals surface area contributed by atoms with Crippen LogP contribution in [0.5, 0.6) is 11.5 Å². The van der Waals surface area contributed by atoms with Crippen LogP contribution in [0.15, 0.2) is 77.7 Å². The van der Waals surface area contributed by atoms with Gasteiger partial charge in [0.25, 0.3) is 10.0 Å². The maximum Gasteiger partial charge on any atom is 0.264 e. The first kappa shape index (κ1) is 31.5. The van der Waals surface area contributed by atoms with Crippen molar-refractivity contribution in [1.82, 2.24) is 10.2 Å². The van der Waals surface area contributed by atoms with Gasteiger partial charge in [-0.3, -0.25) is 13.9 Å². The third kappa shape index (κ3) is 7.79. The molecule has 0 saturated carbocycles. The molecule has 41 heavy (non-hydrogen) atoms. The number of methoxy groups -OCH3 is 2. The zero-order chi connectivity index (χ0) is 30.0. The Kier molecular flexibility index (Phi) is 11.2. The normalized spacial score (nSPS) is 11.8. The molecule has 3 rings (SSSR count). The molecular formula is C31H39N3O6S. The largest absolute Gasteiger partial charge is 0.493 e. The van der Waals surface area contributed by atoms with Crippen LogP contribution in [0.25, 0.3) is 0 Å². The van der Waals surface area contributed by atoms with Crippen molar-refractivity contribution in [1.29, 1.82) is 0 Å². The molecule has 0 heterocycles. The number of aryl methyl sites for hydroxylation is 1. The summed E-state index contributed by atoms with van der Waals surface area (Å²) in [5.74, 6) is -0.0661. The summed E-state index contributed by atoms with van der Waals surface area (Å²) < 4.78 is 39.7. The number of carbonyl (C=O) groups is 2. The van der Waals surface area contributed by atoms with E-state index in [1.165, 1.54) is 37.3 Å². The van der Waals surface area contributed by atoms with Gasteiger partial charge in [0.2, 0.25) is 11.8 Å². The van der Waals surface area contributed by atoms with Crippen molar-refractivity contribution in [3.05, 3.63) is 83.9 Å². The zero-order valence-electron chi connectivity index (χ0n) is 24.3. The molecule has 0 aliphatic heterocycles. The fourth-order valence-corrected chi connectivity index (χ4v) is 5.83. The van der Waals surface area contributed by atoms with Gasteiger partial charge >= 0.3 is 0 Å². The number of hydrogen-bond donors (Lipinski definition) is 1. The molecule has 0 aromatic heterocycles. The van der Waals surface area contributed by atoms with Crippen LogP contribution < -0.4 is 19.1 Å². The SMILES string of the molecule is CCCNC(=O)C(CC)N(Cc1ccc(C)cc1)C(=O)CN(c1ccc(OC)c(OC)c1)S(=O)(=O)c1ccccc1. The van der Waals surface area contributed by atoms with Crippen LogP contribution in [-0.4, -0.2) is 58.5 Å². The predicted molar refractivity (Wildman–Crippen MR) is 160 cm³/mol. The molecule has 0 aliphatic rings. The molecule has 1 unspecified atom stereocenters. The summed E-state index contributed by atoms with van der Waals surface area (Å²) in [6.45, 7) is 5.83. The van der Waals surface area contributed by atoms with E-state index in [1.807, 2.05) is 45.0 Å². The molecule has 0 aliphatic carbocycles. The molecule has 0 bridgehead atoms. The van der Waals surface area contributed by atoms with Crippen LogP contribution >= 0.6 is 0 Å². The van der Waals surface area contributed by atoms with Gasteiger partial charge < -0.3 is 19.7 Å². The summed E-state index contributed by atoms with van der Waals surface area (Å²) in [7, 11) is -1.25. The van der Waals surface area contributed by atoms with Crippen molar-refractivity contribution in [2.45, 2.75) is 51.1 Å². The number of amides is 2. The van der Waals surface area contributed by atoms with Gasteiger partial charge in [-0.1, -0.05) is 61.9 Å². The molecule has 9 nitrogen and oxygen atoms in total. The average molecular weight is 582 g/mol. The first-order valence-electron chi connectivity index (χ1n) is 13.6. The lowest BCUT2D eigenvalue weighted by Crippen LogP contribution is -2.52. The summed E-state index contributed by atoms with van der Waals surface area (Å²) >= 11 is 0. The first-order valence-corrected chi connectivity index (χ1v) is 15.0. The number of benzene rings is 3. The van der Waals surface area contributed by atoms with Gasteiger partial charge in [-0.05, 0) is 49.6 Å². The highest BCUT2D eigenvalue weighted by Crippen LogP contribution is 2.34. The number of nitrogens with one attached hydrogen (secondary N) is 1. The highest BCUT2D eigenvalue weighted by atomic mass is 32.2. The molecule has 220 valence electrons. The molecule has 2 amide bonds. The summed E-state index contributed by atoms with van der Waals surface area (Å²) in [5.41, 5.74) is 2.11. The van der Waals surface area contributed by atoms with E-state index in [-0.39, 0.29) is 23.0 Å². The van der Waals surface area contributed by atoms with Crippen LogP contribution in [0, 0.1) is 6.92 Å². The summed E-state index contributed by atoms with van der Waals surface area (Å²) in [5, 5.41) is 2.89. The summed E-state index contributed by atoms with van der Waals surface area (Å²) in [4.78, 5) is 28.8. The zero-order valence-corrected chi connectivity index (χ0v) is 25.1. The van der Waals surface area contributed by atoms with Gasteiger partial charge in [-0.15, -0.1) is 0 Å². The van der Waals surface area contributed by atoms with E-state index in [1.54, 1.807) is 30.3 Å². The Morgan fingerprint density at radius 3 is 2.15 bits per heavy atom. The number of anilines is 1. The van der Waals surface area contributed by atoms with Gasteiger partial charge in [0, 0.05) is 19.2 Å². The molecule has 0 radical (unpaired) electrons. The molecule has 10 heteroatoms. The number of ether oxygens (including phenoxy) is 2. The fraction of sp³-hybridized carbons (Fsp3) is 0.355. The topological polar surface area (TPSA) is 105 Å². The second-order valence-corrected chi connectivity index (χ2v) is 11.4. The number of nitrogens with zero attached hydrogens (tertiary/aromatic N) is 2. The molecule has 1 atom stereocenters. The van der Waals surface area contributed by atoms with Gasteiger partial charge in [0.05, 0.1) is 24.8 Å². The van der Waals surface area contributed by atoms with E-state index in [9.17, 15) is 18.0 Å². The van der Waals surface area contributed by atoms with E-state index in [4.69, 9.17) is 9.47 Å². The maximum absolute atomic E-state index is 14.1. The average Bonchev–Trinajstić information content (AvgIpc) is 2.99. The Hall–Kier alpha value is -4.05. The highest BCUT2D eigenvalue weighted by molar-refractivity contribution is 7.92. The lowest BCUT2D eigenvalue weighted by Gasteiger charge is -2.33. The van der Waals surface area contributed by atoms with Crippen LogP contribution in [-0.2, 0) is 26.2 Å². The minimum absolute atomic E-state index is 0.0281. The highest BCUT2D eigenvalue weighted by Gasteiger charge is 2.34. The Balaban J connectivity index is 2.09. The van der Waals surface area contributed by atoms with Crippen molar-refractivity contribution < 1.29 is 27.5 Å². The molecule has 3 aromatic rings. The first-order chi connectivity index (χ1) is 19.7. The molecule has 0 saturated heterocycles. The fourth-order valence-electron chi connectivity index (χ4n) is 4.40. The van der Waals surface area contributed by atoms with Crippen LogP contribution in [0.3, 0.4) is 0 Å². The number of sulfonamides is 1. The van der Waals surface area contributed by atoms with E-state index >= 15 is 0 Å². The Morgan fingerprint density at radius 1 is 0.902 bits per heavy atom. The van der Waals surface area contributed by atoms with Crippen molar-refractivity contribution in [2.75, 3.05) is 31.6 Å². The number of rotatable bonds is 14. The van der Waals surface area contributed by atoms with Crippen molar-refractivity contribution >= 4 is 27.5 Å². The molecule has 1 N–H and O–H groups in total. The van der Waals surface area contributed by atoms with Crippen molar-refractivity contribution in [3.63, 3.8) is 0 Å². The summed E-state index contributed by atoms with van der Waals surface area (Å²) in [6, 6.07) is 19.5. The quantitative estimate of drug-likeness (QED) is 0.300. The van der Waals surface area contributed by atoms with Gasteiger partial charge in [-0.25, -0.2) is 8.42 Å². The standard InChI is InChI=1S/C31H39N3O6S/c1-6-19-32-31(36)27(7-2)33(21-24-15-13-23(3)14-16-24)30(35)22-34(41(37,38)26-11-9-8-10-12-26)25-17-18-28(39-4)29(20-25)40-5/h8-18,20,27H,6-7,19,21-22H2,1-5H3,(H,32,36). The third-order valence-electron chi connectivity index (χ3n) is 6.67. The lowest BCUT2D eigenvalue weighted by atomic mass is 10.1. The van der Waals surface area contributed by atoms with Crippen LogP contribution in [0.2, 0.25) is 0 Å². The van der Waals surface area contributed by atoms with Crippen molar-refractivity contribution in [2.24, 2.45) is 0 Å². The minimum Gasteiger partial charge on any atom is -0.493 e. The Labute approximate surface area is 243 Å². The third-order valence-corrected chi connectivity index (χ3v) is 8.46. The molecule has 0 fully saturated rings. The number of hydrogen-bond acceptors (Lipinski definition) is 6. The van der Waals surface area contributed by atoms with Gasteiger partial charge in [0.15, 0.2) is 11.5 Å². The second kappa shape index (κ2) is 14.5. The maximum atomic E-state index is 14.1. The van der Waals surface area contributed by atoms with E-state index in [2.05, 4.69) is 5.32 Å².